The van der Waals surface area contributed by atoms with E-state index in [9.17, 15) is 9.59 Å². The highest BCUT2D eigenvalue weighted by atomic mass is 16.5. The minimum absolute atomic E-state index is 0.0885. The van der Waals surface area contributed by atoms with E-state index in [-0.39, 0.29) is 18.1 Å². The molecule has 0 amide bonds. The normalized spacial score (nSPS) is 11.4. The molecule has 28 heavy (non-hydrogen) atoms. The molecule has 0 aliphatic heterocycles. The topological polar surface area (TPSA) is 82.9 Å². The molecule has 0 aliphatic carbocycles. The molecule has 4 aromatic rings. The summed E-state index contributed by atoms with van der Waals surface area (Å²) < 4.78 is 8.13. The first-order valence-corrected chi connectivity index (χ1v) is 9.09. The summed E-state index contributed by atoms with van der Waals surface area (Å²) in [7, 11) is 0. The Bertz CT molecular complexity index is 1260. The zero-order valence-corrected chi connectivity index (χ0v) is 15.9. The number of fused-ring (bicyclic) bond motifs is 1. The molecule has 0 atom stereocenters. The van der Waals surface area contributed by atoms with Crippen molar-refractivity contribution in [3.63, 3.8) is 0 Å². The highest BCUT2D eigenvalue weighted by Gasteiger charge is 2.17. The number of aromatic nitrogens is 4. The van der Waals surface area contributed by atoms with Crippen LogP contribution in [0.3, 0.4) is 0 Å². The molecule has 0 aliphatic rings. The first-order chi connectivity index (χ1) is 13.5. The van der Waals surface area contributed by atoms with E-state index in [1.54, 1.807) is 24.3 Å². The molecule has 7 heteroatoms. The molecular weight excluding hydrogens is 356 g/mol. The van der Waals surface area contributed by atoms with Crippen molar-refractivity contribution in [2.24, 2.45) is 0 Å². The molecule has 0 bridgehead atoms. The Kier molecular flexibility index (Phi) is 4.43. The first kappa shape index (κ1) is 17.9. The Morgan fingerprint density at radius 2 is 1.75 bits per heavy atom. The minimum atomic E-state index is -0.395. The van der Waals surface area contributed by atoms with E-state index < -0.39 is 5.69 Å². The number of aryl methyl sites for hydroxylation is 1. The van der Waals surface area contributed by atoms with Gasteiger partial charge in [0.05, 0.1) is 10.9 Å². The molecule has 0 fully saturated rings. The van der Waals surface area contributed by atoms with E-state index >= 15 is 0 Å². The molecule has 2 aromatic heterocycles. The zero-order chi connectivity index (χ0) is 19.8. The molecular formula is C21H20N4O3. The summed E-state index contributed by atoms with van der Waals surface area (Å²) in [5.41, 5.74) is 1.84. The molecule has 0 spiro atoms. The fourth-order valence-corrected chi connectivity index (χ4v) is 3.22. The maximum atomic E-state index is 13.0. The minimum Gasteiger partial charge on any atom is -0.337 e. The highest BCUT2D eigenvalue weighted by Crippen LogP contribution is 2.17. The number of para-hydroxylation sites is 1. The van der Waals surface area contributed by atoms with Crippen LogP contribution in [0.4, 0.5) is 0 Å². The average molecular weight is 376 g/mol. The SMILES string of the molecule is Cc1ccc(-c2noc(Cn3c(=O)n(C(C)C)c(=O)c4ccccc43)n2)cc1. The summed E-state index contributed by atoms with van der Waals surface area (Å²) in [4.78, 5) is 30.1. The van der Waals surface area contributed by atoms with E-state index in [0.717, 1.165) is 11.1 Å². The van der Waals surface area contributed by atoms with Crippen molar-refractivity contribution in [3.8, 4) is 11.4 Å². The summed E-state index contributed by atoms with van der Waals surface area (Å²) in [5.74, 6) is 0.765. The summed E-state index contributed by atoms with van der Waals surface area (Å²) >= 11 is 0. The molecule has 4 rings (SSSR count). The van der Waals surface area contributed by atoms with Crippen molar-refractivity contribution in [2.45, 2.75) is 33.4 Å². The average Bonchev–Trinajstić information content (AvgIpc) is 3.14. The van der Waals surface area contributed by atoms with Crippen LogP contribution >= 0.6 is 0 Å². The second-order valence-electron chi connectivity index (χ2n) is 7.03. The lowest BCUT2D eigenvalue weighted by Gasteiger charge is -2.14. The monoisotopic (exact) mass is 376 g/mol. The number of benzene rings is 2. The van der Waals surface area contributed by atoms with Gasteiger partial charge in [0.1, 0.15) is 6.54 Å². The lowest BCUT2D eigenvalue weighted by atomic mass is 10.1. The molecule has 142 valence electrons. The molecule has 0 N–H and O–H groups in total. The van der Waals surface area contributed by atoms with Crippen molar-refractivity contribution in [3.05, 3.63) is 80.8 Å². The van der Waals surface area contributed by atoms with Crippen LogP contribution in [0.5, 0.6) is 0 Å². The number of hydrogen-bond acceptors (Lipinski definition) is 5. The van der Waals surface area contributed by atoms with Gasteiger partial charge in [-0.1, -0.05) is 47.1 Å². The van der Waals surface area contributed by atoms with Gasteiger partial charge in [0.25, 0.3) is 5.56 Å². The van der Waals surface area contributed by atoms with E-state index in [4.69, 9.17) is 4.52 Å². The fraction of sp³-hybridized carbons (Fsp3) is 0.238. The second-order valence-corrected chi connectivity index (χ2v) is 7.03. The third kappa shape index (κ3) is 3.05. The van der Waals surface area contributed by atoms with E-state index in [0.29, 0.717) is 22.6 Å². The van der Waals surface area contributed by atoms with Crippen molar-refractivity contribution >= 4 is 10.9 Å². The van der Waals surface area contributed by atoms with Crippen LogP contribution in [0.25, 0.3) is 22.3 Å². The maximum absolute atomic E-state index is 13.0. The molecule has 2 aromatic carbocycles. The lowest BCUT2D eigenvalue weighted by molar-refractivity contribution is 0.368. The largest absolute Gasteiger partial charge is 0.337 e. The van der Waals surface area contributed by atoms with Crippen LogP contribution in [0.2, 0.25) is 0 Å². The zero-order valence-electron chi connectivity index (χ0n) is 15.9. The van der Waals surface area contributed by atoms with E-state index in [2.05, 4.69) is 10.1 Å². The molecule has 7 nitrogen and oxygen atoms in total. The van der Waals surface area contributed by atoms with Crippen molar-refractivity contribution in [1.82, 2.24) is 19.3 Å². The Labute approximate surface area is 160 Å². The number of hydrogen-bond donors (Lipinski definition) is 0. The van der Waals surface area contributed by atoms with Gasteiger partial charge in [-0.2, -0.15) is 4.98 Å². The third-order valence-electron chi connectivity index (χ3n) is 4.67. The molecule has 0 radical (unpaired) electrons. The van der Waals surface area contributed by atoms with Crippen LogP contribution in [0, 0.1) is 6.92 Å². The lowest BCUT2D eigenvalue weighted by Crippen LogP contribution is -2.41. The predicted molar refractivity (Wildman–Crippen MR) is 106 cm³/mol. The van der Waals surface area contributed by atoms with Crippen molar-refractivity contribution in [1.29, 1.82) is 0 Å². The van der Waals surface area contributed by atoms with Crippen molar-refractivity contribution in [2.75, 3.05) is 0 Å². The maximum Gasteiger partial charge on any atom is 0.332 e. The van der Waals surface area contributed by atoms with Crippen LogP contribution in [0.15, 0.2) is 62.6 Å². The van der Waals surface area contributed by atoms with E-state index in [1.165, 1.54) is 9.13 Å². The van der Waals surface area contributed by atoms with E-state index in [1.807, 2.05) is 45.0 Å². The molecule has 2 heterocycles. The Hall–Kier alpha value is -3.48. The van der Waals surface area contributed by atoms with Crippen LogP contribution in [-0.2, 0) is 6.54 Å². The summed E-state index contributed by atoms with van der Waals surface area (Å²) in [6.07, 6.45) is 0. The van der Waals surface area contributed by atoms with Gasteiger partial charge in [-0.05, 0) is 32.9 Å². The Morgan fingerprint density at radius 1 is 1.04 bits per heavy atom. The molecule has 0 saturated carbocycles. The van der Waals surface area contributed by atoms with Gasteiger partial charge < -0.3 is 4.52 Å². The van der Waals surface area contributed by atoms with Crippen molar-refractivity contribution < 1.29 is 4.52 Å². The Morgan fingerprint density at radius 3 is 2.46 bits per heavy atom. The van der Waals surface area contributed by atoms with Gasteiger partial charge in [-0.3, -0.25) is 13.9 Å². The van der Waals surface area contributed by atoms with Gasteiger partial charge >= 0.3 is 5.69 Å². The third-order valence-corrected chi connectivity index (χ3v) is 4.67. The van der Waals surface area contributed by atoms with Crippen LogP contribution in [-0.4, -0.2) is 19.3 Å². The van der Waals surface area contributed by atoms with Gasteiger partial charge in [-0.25, -0.2) is 4.79 Å². The van der Waals surface area contributed by atoms with Crippen LogP contribution < -0.4 is 11.2 Å². The standard InChI is InChI=1S/C21H20N4O3/c1-13(2)25-20(26)16-6-4-5-7-17(16)24(21(25)27)12-18-22-19(23-28-18)15-10-8-14(3)9-11-15/h4-11,13H,12H2,1-3H3. The number of nitrogens with zero attached hydrogens (tertiary/aromatic N) is 4. The highest BCUT2D eigenvalue weighted by molar-refractivity contribution is 5.77. The van der Waals surface area contributed by atoms with Gasteiger partial charge in [0.15, 0.2) is 0 Å². The van der Waals surface area contributed by atoms with Gasteiger partial charge in [0, 0.05) is 11.6 Å². The summed E-state index contributed by atoms with van der Waals surface area (Å²) in [6, 6.07) is 14.6. The predicted octanol–water partition coefficient (Wildman–Crippen LogP) is 3.15. The molecule has 0 saturated heterocycles. The van der Waals surface area contributed by atoms with Gasteiger partial charge in [0.2, 0.25) is 11.7 Å². The Balaban J connectivity index is 1.82. The second kappa shape index (κ2) is 6.92. The fourth-order valence-electron chi connectivity index (χ4n) is 3.22. The van der Waals surface area contributed by atoms with Gasteiger partial charge in [-0.15, -0.1) is 0 Å². The van der Waals surface area contributed by atoms with Crippen LogP contribution in [0.1, 0.15) is 31.3 Å². The number of rotatable bonds is 4. The smallest absolute Gasteiger partial charge is 0.332 e. The summed E-state index contributed by atoms with van der Waals surface area (Å²) in [6.45, 7) is 5.71. The first-order valence-electron chi connectivity index (χ1n) is 9.09. The summed E-state index contributed by atoms with van der Waals surface area (Å²) in [5, 5.41) is 4.51. The molecule has 0 unspecified atom stereocenters. The quantitative estimate of drug-likeness (QED) is 0.546.